The summed E-state index contributed by atoms with van der Waals surface area (Å²) in [6.45, 7) is 2.93. The van der Waals surface area contributed by atoms with Crippen LogP contribution in [0.4, 0.5) is 4.79 Å². The molecule has 0 bridgehead atoms. The minimum Gasteiger partial charge on any atom is -0.467 e. The van der Waals surface area contributed by atoms with Crippen LogP contribution in [0.5, 0.6) is 0 Å². The van der Waals surface area contributed by atoms with E-state index in [1.54, 1.807) is 36.4 Å². The molecule has 28 heavy (non-hydrogen) atoms. The third-order valence-corrected chi connectivity index (χ3v) is 5.11. The maximum atomic E-state index is 12.5. The molecule has 0 unspecified atom stereocenters. The predicted octanol–water partition coefficient (Wildman–Crippen LogP) is 3.75. The summed E-state index contributed by atoms with van der Waals surface area (Å²) < 4.78 is 10.3. The highest BCUT2D eigenvalue weighted by Gasteiger charge is 2.41. The third-order valence-electron chi connectivity index (χ3n) is 4.23. The van der Waals surface area contributed by atoms with Crippen LogP contribution >= 0.6 is 11.8 Å². The van der Waals surface area contributed by atoms with Crippen LogP contribution in [-0.2, 0) is 14.3 Å². The van der Waals surface area contributed by atoms with Crippen LogP contribution in [0, 0.1) is 0 Å². The molecule has 1 aliphatic heterocycles. The topological polar surface area (TPSA) is 93.9 Å². The highest BCUT2D eigenvalue weighted by molar-refractivity contribution is 8.18. The van der Waals surface area contributed by atoms with Crippen molar-refractivity contribution in [1.29, 1.82) is 0 Å². The standard InChI is InChI=1S/C20H17NO6S/c1-11(19(24)26-3)21-18(23)17(28-20(21)25)10-15-8-9-16(27-15)14-6-4-13(5-7-14)12(2)22/h4-11H,1-3H3/b17-10+/t11-/m0/s1. The molecule has 1 fully saturated rings. The molecule has 0 aliphatic carbocycles. The zero-order chi connectivity index (χ0) is 20.4. The smallest absolute Gasteiger partial charge is 0.328 e. The van der Waals surface area contributed by atoms with Crippen molar-refractivity contribution in [2.45, 2.75) is 19.9 Å². The fourth-order valence-corrected chi connectivity index (χ4v) is 3.56. The van der Waals surface area contributed by atoms with Gasteiger partial charge in [-0.15, -0.1) is 0 Å². The molecule has 2 aromatic rings. The molecule has 0 N–H and O–H groups in total. The van der Waals surface area contributed by atoms with E-state index >= 15 is 0 Å². The van der Waals surface area contributed by atoms with Crippen LogP contribution in [0.15, 0.2) is 45.7 Å². The molecule has 1 aromatic carbocycles. The van der Waals surface area contributed by atoms with E-state index in [0.29, 0.717) is 17.1 Å². The predicted molar refractivity (Wildman–Crippen MR) is 103 cm³/mol. The maximum absolute atomic E-state index is 12.5. The van der Waals surface area contributed by atoms with E-state index < -0.39 is 23.2 Å². The first-order valence-electron chi connectivity index (χ1n) is 8.38. The number of Topliss-reactive ketones (excluding diaryl/α,β-unsaturated/α-hetero) is 1. The van der Waals surface area contributed by atoms with Crippen molar-refractivity contribution in [1.82, 2.24) is 4.90 Å². The zero-order valence-corrected chi connectivity index (χ0v) is 16.2. The van der Waals surface area contributed by atoms with Gasteiger partial charge in [-0.3, -0.25) is 19.3 Å². The summed E-state index contributed by atoms with van der Waals surface area (Å²) >= 11 is 0.736. The minimum absolute atomic E-state index is 0.0245. The summed E-state index contributed by atoms with van der Waals surface area (Å²) in [4.78, 5) is 48.6. The van der Waals surface area contributed by atoms with Gasteiger partial charge in [0.2, 0.25) is 0 Å². The van der Waals surface area contributed by atoms with Crippen LogP contribution in [0.1, 0.15) is 30.0 Å². The van der Waals surface area contributed by atoms with Crippen LogP contribution in [0.25, 0.3) is 17.4 Å². The number of methoxy groups -OCH3 is 1. The Labute approximate surface area is 165 Å². The molecule has 3 rings (SSSR count). The zero-order valence-electron chi connectivity index (χ0n) is 15.4. The van der Waals surface area contributed by atoms with E-state index in [-0.39, 0.29) is 10.7 Å². The maximum Gasteiger partial charge on any atom is 0.328 e. The lowest BCUT2D eigenvalue weighted by Crippen LogP contribution is -2.42. The van der Waals surface area contributed by atoms with E-state index in [1.807, 2.05) is 0 Å². The lowest BCUT2D eigenvalue weighted by molar-refractivity contribution is -0.148. The minimum atomic E-state index is -1.00. The number of rotatable bonds is 5. The Bertz CT molecular complexity index is 988. The first-order chi connectivity index (χ1) is 13.3. The van der Waals surface area contributed by atoms with Crippen LogP contribution in [0.2, 0.25) is 0 Å². The average molecular weight is 399 g/mol. The largest absolute Gasteiger partial charge is 0.467 e. The second kappa shape index (κ2) is 7.85. The molecular formula is C20H17NO6S. The molecular weight excluding hydrogens is 382 g/mol. The third kappa shape index (κ3) is 3.77. The van der Waals surface area contributed by atoms with Gasteiger partial charge < -0.3 is 9.15 Å². The summed E-state index contributed by atoms with van der Waals surface area (Å²) in [5.74, 6) is -0.316. The number of ether oxygens (including phenoxy) is 1. The molecule has 1 aromatic heterocycles. The second-order valence-electron chi connectivity index (χ2n) is 6.09. The monoisotopic (exact) mass is 399 g/mol. The fourth-order valence-electron chi connectivity index (χ4n) is 2.67. The van der Waals surface area contributed by atoms with Crippen molar-refractivity contribution in [3.63, 3.8) is 0 Å². The Morgan fingerprint density at radius 3 is 2.43 bits per heavy atom. The highest BCUT2D eigenvalue weighted by Crippen LogP contribution is 2.34. The molecule has 8 heteroatoms. The molecule has 1 atom stereocenters. The van der Waals surface area contributed by atoms with E-state index in [0.717, 1.165) is 22.2 Å². The van der Waals surface area contributed by atoms with Crippen LogP contribution < -0.4 is 0 Å². The highest BCUT2D eigenvalue weighted by atomic mass is 32.2. The van der Waals surface area contributed by atoms with Gasteiger partial charge in [-0.1, -0.05) is 24.3 Å². The van der Waals surface area contributed by atoms with Crippen LogP contribution in [0.3, 0.4) is 0 Å². The van der Waals surface area contributed by atoms with Gasteiger partial charge in [0.25, 0.3) is 11.1 Å². The summed E-state index contributed by atoms with van der Waals surface area (Å²) in [7, 11) is 1.20. The SMILES string of the molecule is COC(=O)[C@H](C)N1C(=O)S/C(=C/c2ccc(-c3ccc(C(C)=O)cc3)o2)C1=O. The summed E-state index contributed by atoms with van der Waals surface area (Å²) in [5.41, 5.74) is 1.38. The number of esters is 1. The van der Waals surface area contributed by atoms with Gasteiger partial charge in [0, 0.05) is 17.2 Å². The number of amides is 2. The first-order valence-corrected chi connectivity index (χ1v) is 9.19. The number of carbonyl (C=O) groups excluding carboxylic acids is 4. The number of hydrogen-bond acceptors (Lipinski definition) is 7. The fraction of sp³-hybridized carbons (Fsp3) is 0.200. The van der Waals surface area contributed by atoms with Crippen molar-refractivity contribution in [2.24, 2.45) is 0 Å². The number of benzene rings is 1. The second-order valence-corrected chi connectivity index (χ2v) is 7.08. The quantitative estimate of drug-likeness (QED) is 0.429. The van der Waals surface area contributed by atoms with Crippen molar-refractivity contribution in [3.05, 3.63) is 52.6 Å². The summed E-state index contributed by atoms with van der Waals surface area (Å²) in [6.07, 6.45) is 1.46. The molecule has 0 saturated carbocycles. The number of carbonyl (C=O) groups is 4. The van der Waals surface area contributed by atoms with E-state index in [4.69, 9.17) is 4.42 Å². The normalized spacial score (nSPS) is 16.5. The van der Waals surface area contributed by atoms with Gasteiger partial charge in [-0.2, -0.15) is 0 Å². The lowest BCUT2D eigenvalue weighted by Gasteiger charge is -2.18. The van der Waals surface area contributed by atoms with Crippen molar-refractivity contribution >= 4 is 40.7 Å². The Balaban J connectivity index is 1.81. The van der Waals surface area contributed by atoms with Gasteiger partial charge in [0.1, 0.15) is 17.6 Å². The molecule has 1 aliphatic rings. The first kappa shape index (κ1) is 19.6. The number of thioether (sulfide) groups is 1. The molecule has 2 amide bonds. The Morgan fingerprint density at radius 2 is 1.82 bits per heavy atom. The summed E-state index contributed by atoms with van der Waals surface area (Å²) in [6, 6.07) is 9.35. The van der Waals surface area contributed by atoms with Crippen molar-refractivity contribution in [3.8, 4) is 11.3 Å². The molecule has 144 valence electrons. The Hall–Kier alpha value is -3.13. The van der Waals surface area contributed by atoms with Crippen molar-refractivity contribution in [2.75, 3.05) is 7.11 Å². The molecule has 7 nitrogen and oxygen atoms in total. The summed E-state index contributed by atoms with van der Waals surface area (Å²) in [5, 5.41) is -0.541. The molecule has 0 radical (unpaired) electrons. The number of imide groups is 1. The van der Waals surface area contributed by atoms with Crippen LogP contribution in [-0.4, -0.2) is 41.0 Å². The number of hydrogen-bond donors (Lipinski definition) is 0. The van der Waals surface area contributed by atoms with Gasteiger partial charge in [-0.25, -0.2) is 4.79 Å². The van der Waals surface area contributed by atoms with Gasteiger partial charge in [0.05, 0.1) is 12.0 Å². The van der Waals surface area contributed by atoms with Gasteiger partial charge in [-0.05, 0) is 37.7 Å². The van der Waals surface area contributed by atoms with Gasteiger partial charge in [0.15, 0.2) is 5.78 Å². The Morgan fingerprint density at radius 1 is 1.14 bits per heavy atom. The van der Waals surface area contributed by atoms with E-state index in [9.17, 15) is 19.2 Å². The van der Waals surface area contributed by atoms with Crippen molar-refractivity contribution < 1.29 is 28.3 Å². The van der Waals surface area contributed by atoms with E-state index in [2.05, 4.69) is 4.74 Å². The number of furan rings is 1. The lowest BCUT2D eigenvalue weighted by atomic mass is 10.1. The molecule has 2 heterocycles. The molecule has 1 saturated heterocycles. The van der Waals surface area contributed by atoms with Gasteiger partial charge >= 0.3 is 5.97 Å². The number of ketones is 1. The van der Waals surface area contributed by atoms with E-state index in [1.165, 1.54) is 27.0 Å². The number of nitrogens with zero attached hydrogens (tertiary/aromatic N) is 1. The molecule has 0 spiro atoms. The average Bonchev–Trinajstić information content (AvgIpc) is 3.25. The Kier molecular flexibility index (Phi) is 5.51.